The molecule has 0 atom stereocenters. The second kappa shape index (κ2) is 13.4. The van der Waals surface area contributed by atoms with Crippen LogP contribution >= 0.6 is 24.0 Å². The molecule has 0 unspecified atom stereocenters. The van der Waals surface area contributed by atoms with E-state index in [4.69, 9.17) is 15.2 Å². The van der Waals surface area contributed by atoms with Gasteiger partial charge in [0.15, 0.2) is 5.96 Å². The van der Waals surface area contributed by atoms with Gasteiger partial charge >= 0.3 is 0 Å². The third kappa shape index (κ3) is 9.65. The Bertz CT molecular complexity index is 467. The Balaban J connectivity index is 0.00000484. The molecule has 0 aliphatic heterocycles. The van der Waals surface area contributed by atoms with E-state index in [1.54, 1.807) is 0 Å². The Labute approximate surface area is 157 Å². The SMILES string of the molecule is CCCCNC(N)=NCc1ccc(C)cc1OCCOCC.I. The molecule has 5 nitrogen and oxygen atoms in total. The average Bonchev–Trinajstić information content (AvgIpc) is 2.51. The van der Waals surface area contributed by atoms with Crippen LogP contribution in [0.25, 0.3) is 0 Å². The molecule has 0 aliphatic carbocycles. The van der Waals surface area contributed by atoms with Gasteiger partial charge in [-0.15, -0.1) is 24.0 Å². The number of nitrogens with zero attached hydrogens (tertiary/aromatic N) is 1. The monoisotopic (exact) mass is 435 g/mol. The lowest BCUT2D eigenvalue weighted by atomic mass is 10.1. The van der Waals surface area contributed by atoms with E-state index in [2.05, 4.69) is 23.3 Å². The molecule has 1 rings (SSSR count). The second-order valence-electron chi connectivity index (χ2n) is 5.14. The average molecular weight is 435 g/mol. The molecule has 0 amide bonds. The van der Waals surface area contributed by atoms with Crippen molar-refractivity contribution < 1.29 is 9.47 Å². The zero-order valence-electron chi connectivity index (χ0n) is 14.4. The van der Waals surface area contributed by atoms with Crippen LogP contribution in [0.2, 0.25) is 0 Å². The number of halogens is 1. The van der Waals surface area contributed by atoms with E-state index >= 15 is 0 Å². The summed E-state index contributed by atoms with van der Waals surface area (Å²) in [6.07, 6.45) is 2.22. The van der Waals surface area contributed by atoms with Crippen LogP contribution < -0.4 is 15.8 Å². The molecular formula is C17H30IN3O2. The normalized spacial score (nSPS) is 11.0. The number of guanidine groups is 1. The number of aryl methyl sites for hydroxylation is 1. The van der Waals surface area contributed by atoms with E-state index in [-0.39, 0.29) is 24.0 Å². The van der Waals surface area contributed by atoms with E-state index in [0.717, 1.165) is 36.3 Å². The highest BCUT2D eigenvalue weighted by Gasteiger charge is 2.04. The lowest BCUT2D eigenvalue weighted by Crippen LogP contribution is -2.32. The van der Waals surface area contributed by atoms with Crippen LogP contribution in [0, 0.1) is 6.92 Å². The van der Waals surface area contributed by atoms with Crippen molar-refractivity contribution in [3.63, 3.8) is 0 Å². The summed E-state index contributed by atoms with van der Waals surface area (Å²) in [6, 6.07) is 6.12. The lowest BCUT2D eigenvalue weighted by Gasteiger charge is -2.12. The first kappa shape index (κ1) is 22.0. The summed E-state index contributed by atoms with van der Waals surface area (Å²) in [5, 5.41) is 3.11. The zero-order chi connectivity index (χ0) is 16.2. The topological polar surface area (TPSA) is 68.9 Å². The van der Waals surface area contributed by atoms with Crippen LogP contribution in [-0.4, -0.2) is 32.3 Å². The molecule has 0 aliphatic rings. The van der Waals surface area contributed by atoms with Crippen molar-refractivity contribution in [3.8, 4) is 5.75 Å². The number of aliphatic imine (C=N–C) groups is 1. The second-order valence-corrected chi connectivity index (χ2v) is 5.14. The van der Waals surface area contributed by atoms with Crippen LogP contribution in [-0.2, 0) is 11.3 Å². The summed E-state index contributed by atoms with van der Waals surface area (Å²) < 4.78 is 11.1. The Morgan fingerprint density at radius 3 is 2.74 bits per heavy atom. The molecule has 1 aromatic rings. The van der Waals surface area contributed by atoms with Gasteiger partial charge in [0, 0.05) is 18.7 Å². The fraction of sp³-hybridized carbons (Fsp3) is 0.588. The van der Waals surface area contributed by atoms with Gasteiger partial charge in [0.05, 0.1) is 13.2 Å². The van der Waals surface area contributed by atoms with Crippen LogP contribution in [0.1, 0.15) is 37.8 Å². The maximum atomic E-state index is 5.86. The van der Waals surface area contributed by atoms with Gasteiger partial charge in [0.1, 0.15) is 12.4 Å². The molecule has 0 aromatic heterocycles. The van der Waals surface area contributed by atoms with Crippen molar-refractivity contribution >= 4 is 29.9 Å². The van der Waals surface area contributed by atoms with Crippen molar-refractivity contribution in [1.82, 2.24) is 5.32 Å². The Hall–Kier alpha value is -1.02. The van der Waals surface area contributed by atoms with E-state index in [0.29, 0.717) is 32.3 Å². The molecule has 132 valence electrons. The van der Waals surface area contributed by atoms with Gasteiger partial charge in [0.2, 0.25) is 0 Å². The molecule has 1 aromatic carbocycles. The molecule has 0 bridgehead atoms. The molecule has 0 spiro atoms. The Kier molecular flexibility index (Phi) is 12.8. The predicted molar refractivity (Wildman–Crippen MR) is 107 cm³/mol. The number of hydrogen-bond acceptors (Lipinski definition) is 3. The maximum Gasteiger partial charge on any atom is 0.188 e. The van der Waals surface area contributed by atoms with Crippen molar-refractivity contribution in [2.45, 2.75) is 40.2 Å². The molecule has 0 radical (unpaired) electrons. The number of nitrogens with one attached hydrogen (secondary N) is 1. The van der Waals surface area contributed by atoms with Gasteiger partial charge < -0.3 is 20.5 Å². The highest BCUT2D eigenvalue weighted by molar-refractivity contribution is 14.0. The number of nitrogens with two attached hydrogens (primary N) is 1. The molecule has 3 N–H and O–H groups in total. The fourth-order valence-corrected chi connectivity index (χ4v) is 1.90. The molecule has 0 fully saturated rings. The Morgan fingerprint density at radius 2 is 2.04 bits per heavy atom. The maximum absolute atomic E-state index is 5.86. The summed E-state index contributed by atoms with van der Waals surface area (Å²) in [4.78, 5) is 4.37. The number of unbranched alkanes of at least 4 members (excludes halogenated alkanes) is 1. The van der Waals surface area contributed by atoms with Crippen LogP contribution in [0.15, 0.2) is 23.2 Å². The van der Waals surface area contributed by atoms with Gasteiger partial charge in [-0.1, -0.05) is 25.5 Å². The van der Waals surface area contributed by atoms with Gasteiger partial charge in [-0.25, -0.2) is 4.99 Å². The van der Waals surface area contributed by atoms with Gasteiger partial charge in [-0.3, -0.25) is 0 Å². The van der Waals surface area contributed by atoms with E-state index in [1.165, 1.54) is 0 Å². The van der Waals surface area contributed by atoms with Gasteiger partial charge in [-0.2, -0.15) is 0 Å². The highest BCUT2D eigenvalue weighted by atomic mass is 127. The third-order valence-corrected chi connectivity index (χ3v) is 3.17. The highest BCUT2D eigenvalue weighted by Crippen LogP contribution is 2.21. The standard InChI is InChI=1S/C17H29N3O2.HI/c1-4-6-9-19-17(18)20-13-15-8-7-14(3)12-16(15)22-11-10-21-5-2;/h7-8,12H,4-6,9-11,13H2,1-3H3,(H3,18,19,20);1H. The van der Waals surface area contributed by atoms with Gasteiger partial charge in [0.25, 0.3) is 0 Å². The first-order valence-corrected chi connectivity index (χ1v) is 8.01. The zero-order valence-corrected chi connectivity index (χ0v) is 16.8. The van der Waals surface area contributed by atoms with Gasteiger partial charge in [-0.05, 0) is 31.9 Å². The van der Waals surface area contributed by atoms with Crippen LogP contribution in [0.4, 0.5) is 0 Å². The van der Waals surface area contributed by atoms with Crippen LogP contribution in [0.5, 0.6) is 5.75 Å². The quantitative estimate of drug-likeness (QED) is 0.256. The lowest BCUT2D eigenvalue weighted by molar-refractivity contribution is 0.110. The number of ether oxygens (including phenoxy) is 2. The first-order chi connectivity index (χ1) is 10.7. The molecule has 0 heterocycles. The summed E-state index contributed by atoms with van der Waals surface area (Å²) in [5.74, 6) is 1.33. The summed E-state index contributed by atoms with van der Waals surface area (Å²) in [6.45, 7) is 9.37. The van der Waals surface area contributed by atoms with E-state index in [1.807, 2.05) is 26.0 Å². The molecular weight excluding hydrogens is 405 g/mol. The van der Waals surface area contributed by atoms with Crippen LogP contribution in [0.3, 0.4) is 0 Å². The van der Waals surface area contributed by atoms with Crippen molar-refractivity contribution in [1.29, 1.82) is 0 Å². The number of benzene rings is 1. The molecule has 0 saturated heterocycles. The number of rotatable bonds is 10. The Morgan fingerprint density at radius 1 is 1.26 bits per heavy atom. The number of hydrogen-bond donors (Lipinski definition) is 2. The summed E-state index contributed by atoms with van der Waals surface area (Å²) in [7, 11) is 0. The molecule has 0 saturated carbocycles. The summed E-state index contributed by atoms with van der Waals surface area (Å²) >= 11 is 0. The first-order valence-electron chi connectivity index (χ1n) is 8.01. The van der Waals surface area contributed by atoms with Crippen molar-refractivity contribution in [3.05, 3.63) is 29.3 Å². The van der Waals surface area contributed by atoms with E-state index < -0.39 is 0 Å². The molecule has 6 heteroatoms. The summed E-state index contributed by atoms with van der Waals surface area (Å²) in [5.41, 5.74) is 8.05. The smallest absolute Gasteiger partial charge is 0.188 e. The largest absolute Gasteiger partial charge is 0.491 e. The minimum absolute atomic E-state index is 0. The fourth-order valence-electron chi connectivity index (χ4n) is 1.90. The predicted octanol–water partition coefficient (Wildman–Crippen LogP) is 3.23. The third-order valence-electron chi connectivity index (χ3n) is 3.17. The minimum Gasteiger partial charge on any atom is -0.491 e. The molecule has 23 heavy (non-hydrogen) atoms. The van der Waals surface area contributed by atoms with Crippen molar-refractivity contribution in [2.24, 2.45) is 10.7 Å². The van der Waals surface area contributed by atoms with E-state index in [9.17, 15) is 0 Å². The van der Waals surface area contributed by atoms with Crippen molar-refractivity contribution in [2.75, 3.05) is 26.4 Å². The minimum atomic E-state index is 0.